The monoisotopic (exact) mass is 321 g/mol. The Kier molecular flexibility index (Phi) is 5.30. The zero-order chi connectivity index (χ0) is 13.9. The average Bonchev–Trinajstić information content (AvgIpc) is 2.87. The van der Waals surface area contributed by atoms with Crippen LogP contribution in [-0.2, 0) is 16.6 Å². The minimum absolute atomic E-state index is 0.0163. The first-order valence-electron chi connectivity index (χ1n) is 6.29. The Labute approximate surface area is 122 Å². The maximum absolute atomic E-state index is 12.3. The summed E-state index contributed by atoms with van der Waals surface area (Å²) in [6.45, 7) is -0.230. The molecular weight excluding hydrogens is 302 g/mol. The van der Waals surface area contributed by atoms with Crippen molar-refractivity contribution in [2.24, 2.45) is 0 Å². The summed E-state index contributed by atoms with van der Waals surface area (Å²) in [7, 11) is -3.50. The second-order valence-corrected chi connectivity index (χ2v) is 8.53. The fourth-order valence-electron chi connectivity index (χ4n) is 2.43. The van der Waals surface area contributed by atoms with Crippen molar-refractivity contribution in [1.29, 1.82) is 0 Å². The lowest BCUT2D eigenvalue weighted by Gasteiger charge is -2.28. The first-order valence-corrected chi connectivity index (χ1v) is 9.94. The van der Waals surface area contributed by atoms with Gasteiger partial charge >= 0.3 is 0 Å². The van der Waals surface area contributed by atoms with Gasteiger partial charge in [-0.05, 0) is 37.0 Å². The average molecular weight is 321 g/mol. The van der Waals surface area contributed by atoms with Crippen LogP contribution in [0, 0.1) is 0 Å². The molecule has 1 aliphatic rings. The molecule has 0 spiro atoms. The predicted octanol–water partition coefficient (Wildman–Crippen LogP) is 2.19. The van der Waals surface area contributed by atoms with Crippen molar-refractivity contribution < 1.29 is 13.5 Å². The highest BCUT2D eigenvalue weighted by Crippen LogP contribution is 2.29. The summed E-state index contributed by atoms with van der Waals surface area (Å²) in [4.78, 5) is 0.732. The van der Waals surface area contributed by atoms with Gasteiger partial charge in [0.25, 0.3) is 0 Å². The molecular formula is C12H19NO3S3. The Morgan fingerprint density at radius 3 is 3.00 bits per heavy atom. The third-order valence-corrected chi connectivity index (χ3v) is 7.15. The quantitative estimate of drug-likeness (QED) is 0.872. The summed E-state index contributed by atoms with van der Waals surface area (Å²) < 4.78 is 27.4. The Hall–Kier alpha value is -0.0800. The Balaban J connectivity index is 2.09. The summed E-state index contributed by atoms with van der Waals surface area (Å²) in [6.07, 6.45) is 6.09. The van der Waals surface area contributed by atoms with Gasteiger partial charge in [0.1, 0.15) is 0 Å². The first kappa shape index (κ1) is 15.3. The fourth-order valence-corrected chi connectivity index (χ4v) is 5.84. The Morgan fingerprint density at radius 2 is 2.32 bits per heavy atom. The van der Waals surface area contributed by atoms with Gasteiger partial charge in [-0.1, -0.05) is 6.42 Å². The summed E-state index contributed by atoms with van der Waals surface area (Å²) in [5.41, 5.74) is 0. The second kappa shape index (κ2) is 6.58. The number of aliphatic hydroxyl groups is 1. The highest BCUT2D eigenvalue weighted by Gasteiger charge is 2.27. The van der Waals surface area contributed by atoms with Crippen LogP contribution in [0.25, 0.3) is 0 Å². The molecule has 7 heteroatoms. The van der Waals surface area contributed by atoms with Crippen molar-refractivity contribution in [2.45, 2.75) is 48.5 Å². The van der Waals surface area contributed by atoms with E-state index in [4.69, 9.17) is 0 Å². The summed E-state index contributed by atoms with van der Waals surface area (Å²) in [5.74, 6) is 0. The minimum atomic E-state index is -3.50. The molecule has 2 atom stereocenters. The number of hydrogen-bond acceptors (Lipinski definition) is 5. The molecule has 2 rings (SSSR count). The van der Waals surface area contributed by atoms with Crippen molar-refractivity contribution in [1.82, 2.24) is 4.72 Å². The first-order chi connectivity index (χ1) is 9.06. The minimum Gasteiger partial charge on any atom is -0.391 e. The van der Waals surface area contributed by atoms with E-state index in [1.54, 1.807) is 11.4 Å². The molecule has 2 N–H and O–H groups in total. The molecule has 0 amide bonds. The van der Waals surface area contributed by atoms with Crippen molar-refractivity contribution in [3.8, 4) is 0 Å². The number of thiophene rings is 1. The number of rotatable bonds is 5. The number of aliphatic hydroxyl groups excluding tert-OH is 1. The van der Waals surface area contributed by atoms with Crippen LogP contribution in [0.1, 0.15) is 30.6 Å². The SMILES string of the molecule is CSC1CCCC(NS(=O)(=O)c2ccsc2CO)C1. The molecule has 1 aromatic heterocycles. The summed E-state index contributed by atoms with van der Waals surface area (Å²) >= 11 is 3.08. The molecule has 1 saturated carbocycles. The van der Waals surface area contributed by atoms with Gasteiger partial charge in [0.05, 0.1) is 11.5 Å². The van der Waals surface area contributed by atoms with Crippen LogP contribution in [0.15, 0.2) is 16.3 Å². The lowest BCUT2D eigenvalue weighted by Crippen LogP contribution is -2.39. The van der Waals surface area contributed by atoms with Crippen molar-refractivity contribution >= 4 is 33.1 Å². The van der Waals surface area contributed by atoms with Crippen LogP contribution in [0.4, 0.5) is 0 Å². The van der Waals surface area contributed by atoms with E-state index in [1.807, 2.05) is 11.8 Å². The highest BCUT2D eigenvalue weighted by molar-refractivity contribution is 7.99. The van der Waals surface area contributed by atoms with Gasteiger partial charge in [-0.3, -0.25) is 0 Å². The van der Waals surface area contributed by atoms with Crippen LogP contribution in [-0.4, -0.2) is 31.1 Å². The molecule has 1 heterocycles. The van der Waals surface area contributed by atoms with Gasteiger partial charge < -0.3 is 5.11 Å². The van der Waals surface area contributed by atoms with Crippen molar-refractivity contribution in [3.05, 3.63) is 16.3 Å². The zero-order valence-corrected chi connectivity index (χ0v) is 13.3. The number of nitrogens with one attached hydrogen (secondary N) is 1. The van der Waals surface area contributed by atoms with Gasteiger partial charge in [0, 0.05) is 16.2 Å². The van der Waals surface area contributed by atoms with E-state index < -0.39 is 10.0 Å². The second-order valence-electron chi connectivity index (χ2n) is 4.71. The Bertz CT molecular complexity index is 512. The van der Waals surface area contributed by atoms with Gasteiger partial charge in [-0.15, -0.1) is 11.3 Å². The van der Waals surface area contributed by atoms with E-state index >= 15 is 0 Å². The topological polar surface area (TPSA) is 66.4 Å². The largest absolute Gasteiger partial charge is 0.391 e. The van der Waals surface area contributed by atoms with Gasteiger partial charge in [-0.2, -0.15) is 11.8 Å². The zero-order valence-electron chi connectivity index (χ0n) is 10.8. The van der Waals surface area contributed by atoms with E-state index in [9.17, 15) is 13.5 Å². The molecule has 0 radical (unpaired) electrons. The van der Waals surface area contributed by atoms with Gasteiger partial charge in [0.15, 0.2) is 0 Å². The molecule has 19 heavy (non-hydrogen) atoms. The molecule has 2 unspecified atom stereocenters. The fraction of sp³-hybridized carbons (Fsp3) is 0.667. The third kappa shape index (κ3) is 3.72. The third-order valence-electron chi connectivity index (χ3n) is 3.42. The highest BCUT2D eigenvalue weighted by atomic mass is 32.2. The van der Waals surface area contributed by atoms with Crippen LogP contribution >= 0.6 is 23.1 Å². The van der Waals surface area contributed by atoms with E-state index in [-0.39, 0.29) is 17.5 Å². The van der Waals surface area contributed by atoms with Gasteiger partial charge in [-0.25, -0.2) is 13.1 Å². The molecule has 0 saturated heterocycles. The predicted molar refractivity (Wildman–Crippen MR) is 80.1 cm³/mol. The van der Waals surface area contributed by atoms with E-state index in [0.29, 0.717) is 10.1 Å². The number of sulfonamides is 1. The Morgan fingerprint density at radius 1 is 1.53 bits per heavy atom. The summed E-state index contributed by atoms with van der Waals surface area (Å²) in [6, 6.07) is 1.58. The van der Waals surface area contributed by atoms with Gasteiger partial charge in [0.2, 0.25) is 10.0 Å². The number of hydrogen-bond donors (Lipinski definition) is 2. The molecule has 0 aromatic carbocycles. The number of thioether (sulfide) groups is 1. The van der Waals surface area contributed by atoms with Crippen LogP contribution < -0.4 is 4.72 Å². The maximum atomic E-state index is 12.3. The molecule has 0 bridgehead atoms. The van der Waals surface area contributed by atoms with Crippen molar-refractivity contribution in [3.63, 3.8) is 0 Å². The van der Waals surface area contributed by atoms with Crippen LogP contribution in [0.2, 0.25) is 0 Å². The molecule has 108 valence electrons. The smallest absolute Gasteiger partial charge is 0.242 e. The van der Waals surface area contributed by atoms with E-state index in [1.165, 1.54) is 17.8 Å². The molecule has 1 aliphatic carbocycles. The molecule has 4 nitrogen and oxygen atoms in total. The van der Waals surface area contributed by atoms with E-state index in [0.717, 1.165) is 19.3 Å². The molecule has 1 fully saturated rings. The lowest BCUT2D eigenvalue weighted by atomic mass is 9.96. The maximum Gasteiger partial charge on any atom is 0.242 e. The normalized spacial score (nSPS) is 24.5. The molecule has 1 aromatic rings. The van der Waals surface area contributed by atoms with Crippen molar-refractivity contribution in [2.75, 3.05) is 6.26 Å². The van der Waals surface area contributed by atoms with Crippen LogP contribution in [0.3, 0.4) is 0 Å². The lowest BCUT2D eigenvalue weighted by molar-refractivity contribution is 0.282. The van der Waals surface area contributed by atoms with Crippen LogP contribution in [0.5, 0.6) is 0 Å². The van der Waals surface area contributed by atoms with E-state index in [2.05, 4.69) is 11.0 Å². The molecule has 0 aliphatic heterocycles. The summed E-state index contributed by atoms with van der Waals surface area (Å²) in [5, 5.41) is 11.4. The standard InChI is InChI=1S/C12H19NO3S3/c1-17-10-4-2-3-9(7-10)13-19(15,16)12-5-6-18-11(12)8-14/h5-6,9-10,13-14H,2-4,7-8H2,1H3.